The van der Waals surface area contributed by atoms with Crippen LogP contribution in [0.2, 0.25) is 0 Å². The summed E-state index contributed by atoms with van der Waals surface area (Å²) in [5, 5.41) is 8.75. The van der Waals surface area contributed by atoms with Crippen LogP contribution in [-0.4, -0.2) is 22.0 Å². The van der Waals surface area contributed by atoms with Gasteiger partial charge in [0.2, 0.25) is 0 Å². The first kappa shape index (κ1) is 16.3. The van der Waals surface area contributed by atoms with Gasteiger partial charge in [0, 0.05) is 5.56 Å². The Bertz CT molecular complexity index is 1010. The van der Waals surface area contributed by atoms with Crippen LogP contribution in [0.3, 0.4) is 0 Å². The maximum atomic E-state index is 13.2. The summed E-state index contributed by atoms with van der Waals surface area (Å²) in [5.74, 6) is 0.334. The van der Waals surface area contributed by atoms with Crippen LogP contribution in [0.15, 0.2) is 47.0 Å². The van der Waals surface area contributed by atoms with Crippen LogP contribution in [0, 0.1) is 13.8 Å². The molecule has 4 rings (SSSR count). The summed E-state index contributed by atoms with van der Waals surface area (Å²) in [6, 6.07) is 13.2. The number of nitrogens with one attached hydrogen (secondary N) is 1. The molecule has 26 heavy (non-hydrogen) atoms. The Morgan fingerprint density at radius 2 is 1.85 bits per heavy atom. The minimum Gasteiger partial charge on any atom is -0.361 e. The lowest BCUT2D eigenvalue weighted by Crippen LogP contribution is -2.41. The second kappa shape index (κ2) is 5.69. The van der Waals surface area contributed by atoms with E-state index < -0.39 is 11.6 Å². The number of urea groups is 1. The average Bonchev–Trinajstić information content (AvgIpc) is 3.06. The molecule has 1 aliphatic heterocycles. The van der Waals surface area contributed by atoms with Crippen molar-refractivity contribution in [2.24, 2.45) is 0 Å². The topological polar surface area (TPSA) is 75.4 Å². The number of benzene rings is 2. The van der Waals surface area contributed by atoms with Crippen LogP contribution < -0.4 is 5.32 Å². The van der Waals surface area contributed by atoms with Crippen molar-refractivity contribution in [1.82, 2.24) is 15.4 Å². The van der Waals surface area contributed by atoms with E-state index in [0.717, 1.165) is 21.9 Å². The molecule has 0 unspecified atom stereocenters. The van der Waals surface area contributed by atoms with Crippen molar-refractivity contribution in [3.05, 3.63) is 65.0 Å². The molecule has 0 bridgehead atoms. The molecule has 1 N–H and O–H groups in total. The SMILES string of the molecule is Cc1noc(C)c1CN1C(=O)N[C@](C)(c2cccc3ccccc23)C1=O. The van der Waals surface area contributed by atoms with Gasteiger partial charge in [0.25, 0.3) is 5.91 Å². The molecule has 3 aromatic rings. The third-order valence-corrected chi connectivity index (χ3v) is 5.10. The molecule has 1 saturated heterocycles. The summed E-state index contributed by atoms with van der Waals surface area (Å²) in [5.41, 5.74) is 1.12. The quantitative estimate of drug-likeness (QED) is 0.735. The third-order valence-electron chi connectivity index (χ3n) is 5.10. The van der Waals surface area contributed by atoms with E-state index in [1.165, 1.54) is 4.90 Å². The number of hydrogen-bond acceptors (Lipinski definition) is 4. The summed E-state index contributed by atoms with van der Waals surface area (Å²) in [6.45, 7) is 5.47. The summed E-state index contributed by atoms with van der Waals surface area (Å²) in [7, 11) is 0. The van der Waals surface area contributed by atoms with Crippen molar-refractivity contribution >= 4 is 22.7 Å². The monoisotopic (exact) mass is 349 g/mol. The Labute approximate surface area is 150 Å². The van der Waals surface area contributed by atoms with Gasteiger partial charge >= 0.3 is 6.03 Å². The highest BCUT2D eigenvalue weighted by Crippen LogP contribution is 2.34. The summed E-state index contributed by atoms with van der Waals surface area (Å²) in [6.07, 6.45) is 0. The molecule has 0 radical (unpaired) electrons. The smallest absolute Gasteiger partial charge is 0.325 e. The number of imide groups is 1. The zero-order chi connectivity index (χ0) is 18.5. The van der Waals surface area contributed by atoms with Crippen LogP contribution in [0.25, 0.3) is 10.8 Å². The molecule has 2 aromatic carbocycles. The standard InChI is InChI=1S/C20H19N3O3/c1-12-16(13(2)26-22-12)11-23-18(24)20(3,21-19(23)25)17-10-6-8-14-7-4-5-9-15(14)17/h4-10H,11H2,1-3H3,(H,21,25)/t20-/m1/s1. The highest BCUT2D eigenvalue weighted by molar-refractivity contribution is 6.09. The van der Waals surface area contributed by atoms with E-state index in [9.17, 15) is 9.59 Å². The van der Waals surface area contributed by atoms with Gasteiger partial charge in [-0.25, -0.2) is 4.79 Å². The van der Waals surface area contributed by atoms with Crippen LogP contribution >= 0.6 is 0 Å². The first-order valence-electron chi connectivity index (χ1n) is 8.46. The molecule has 0 spiro atoms. The molecule has 6 nitrogen and oxygen atoms in total. The predicted molar refractivity (Wildman–Crippen MR) is 96.4 cm³/mol. The molecule has 3 amide bonds. The lowest BCUT2D eigenvalue weighted by molar-refractivity contribution is -0.131. The molecular formula is C20H19N3O3. The Morgan fingerprint density at radius 1 is 1.12 bits per heavy atom. The number of rotatable bonds is 3. The van der Waals surface area contributed by atoms with Crippen molar-refractivity contribution in [2.45, 2.75) is 32.9 Å². The van der Waals surface area contributed by atoms with Gasteiger partial charge < -0.3 is 9.84 Å². The second-order valence-electron chi connectivity index (χ2n) is 6.78. The number of aryl methyl sites for hydroxylation is 2. The van der Waals surface area contributed by atoms with Crippen LogP contribution in [0.5, 0.6) is 0 Å². The van der Waals surface area contributed by atoms with Gasteiger partial charge in [-0.3, -0.25) is 9.69 Å². The fourth-order valence-electron chi connectivity index (χ4n) is 3.57. The highest BCUT2D eigenvalue weighted by atomic mass is 16.5. The molecule has 1 atom stereocenters. The number of nitrogens with zero attached hydrogens (tertiary/aromatic N) is 2. The number of fused-ring (bicyclic) bond motifs is 1. The third kappa shape index (κ3) is 2.29. The first-order valence-corrected chi connectivity index (χ1v) is 8.46. The van der Waals surface area contributed by atoms with Crippen LogP contribution in [-0.2, 0) is 16.9 Å². The van der Waals surface area contributed by atoms with Gasteiger partial charge in [-0.05, 0) is 37.1 Å². The van der Waals surface area contributed by atoms with Gasteiger partial charge in [0.1, 0.15) is 11.3 Å². The number of aromatic nitrogens is 1. The molecule has 132 valence electrons. The minimum atomic E-state index is -1.11. The number of hydrogen-bond donors (Lipinski definition) is 1. The normalized spacial score (nSPS) is 20.0. The predicted octanol–water partition coefficient (Wildman–Crippen LogP) is 3.41. The first-order chi connectivity index (χ1) is 12.4. The molecule has 1 aromatic heterocycles. The fraction of sp³-hybridized carbons (Fsp3) is 0.250. The molecule has 1 fully saturated rings. The molecule has 0 aliphatic carbocycles. The fourth-order valence-corrected chi connectivity index (χ4v) is 3.57. The van der Waals surface area contributed by atoms with E-state index in [-0.39, 0.29) is 12.5 Å². The van der Waals surface area contributed by atoms with Gasteiger partial charge in [-0.1, -0.05) is 47.6 Å². The zero-order valence-corrected chi connectivity index (χ0v) is 14.9. The number of amides is 3. The Kier molecular flexibility index (Phi) is 3.57. The molecular weight excluding hydrogens is 330 g/mol. The highest BCUT2D eigenvalue weighted by Gasteiger charge is 2.49. The van der Waals surface area contributed by atoms with Crippen molar-refractivity contribution in [3.8, 4) is 0 Å². The van der Waals surface area contributed by atoms with E-state index in [4.69, 9.17) is 4.52 Å². The summed E-state index contributed by atoms with van der Waals surface area (Å²) >= 11 is 0. The molecule has 6 heteroatoms. The van der Waals surface area contributed by atoms with Crippen molar-refractivity contribution in [2.75, 3.05) is 0 Å². The van der Waals surface area contributed by atoms with Crippen LogP contribution in [0.1, 0.15) is 29.5 Å². The maximum absolute atomic E-state index is 13.2. The molecule has 0 saturated carbocycles. The van der Waals surface area contributed by atoms with E-state index in [2.05, 4.69) is 10.5 Å². The van der Waals surface area contributed by atoms with Crippen LogP contribution in [0.4, 0.5) is 4.79 Å². The minimum absolute atomic E-state index is 0.145. The Morgan fingerprint density at radius 3 is 2.58 bits per heavy atom. The molecule has 2 heterocycles. The second-order valence-corrected chi connectivity index (χ2v) is 6.78. The van der Waals surface area contributed by atoms with Crippen molar-refractivity contribution in [3.63, 3.8) is 0 Å². The van der Waals surface area contributed by atoms with E-state index in [1.54, 1.807) is 20.8 Å². The number of carbonyl (C=O) groups is 2. The molecule has 1 aliphatic rings. The largest absolute Gasteiger partial charge is 0.361 e. The van der Waals surface area contributed by atoms with E-state index in [0.29, 0.717) is 11.5 Å². The van der Waals surface area contributed by atoms with Gasteiger partial charge in [0.05, 0.1) is 12.2 Å². The summed E-state index contributed by atoms with van der Waals surface area (Å²) in [4.78, 5) is 27.1. The van der Waals surface area contributed by atoms with E-state index >= 15 is 0 Å². The maximum Gasteiger partial charge on any atom is 0.325 e. The summed E-state index contributed by atoms with van der Waals surface area (Å²) < 4.78 is 5.15. The van der Waals surface area contributed by atoms with Gasteiger partial charge in [-0.2, -0.15) is 0 Å². The van der Waals surface area contributed by atoms with Crippen molar-refractivity contribution < 1.29 is 14.1 Å². The average molecular weight is 349 g/mol. The van der Waals surface area contributed by atoms with Gasteiger partial charge in [-0.15, -0.1) is 0 Å². The Hall–Kier alpha value is -3.15. The zero-order valence-electron chi connectivity index (χ0n) is 14.9. The lowest BCUT2D eigenvalue weighted by Gasteiger charge is -2.24. The van der Waals surface area contributed by atoms with E-state index in [1.807, 2.05) is 42.5 Å². The number of carbonyl (C=O) groups excluding carboxylic acids is 2. The lowest BCUT2D eigenvalue weighted by atomic mass is 9.87. The Balaban J connectivity index is 1.76. The van der Waals surface area contributed by atoms with Gasteiger partial charge in [0.15, 0.2) is 0 Å². The van der Waals surface area contributed by atoms with Crippen molar-refractivity contribution in [1.29, 1.82) is 0 Å².